The van der Waals surface area contributed by atoms with Crippen molar-refractivity contribution in [1.29, 1.82) is 0 Å². The monoisotopic (exact) mass is 254 g/mol. The number of hydrogen-bond donors (Lipinski definition) is 0. The number of Topliss-reactive ketones (excluding diaryl/α,β-unsaturated/α-hetero) is 1. The summed E-state index contributed by atoms with van der Waals surface area (Å²) < 4.78 is 25.2. The molecule has 1 nitrogen and oxygen atoms in total. The molecule has 0 spiro atoms. The summed E-state index contributed by atoms with van der Waals surface area (Å²) in [5.74, 6) is -1.28. The minimum Gasteiger partial charge on any atom is -0.291 e. The normalized spacial score (nSPS) is 11.7. The van der Waals surface area contributed by atoms with Crippen LogP contribution in [0.5, 0.6) is 0 Å². The van der Waals surface area contributed by atoms with E-state index in [1.807, 2.05) is 18.2 Å². The summed E-state index contributed by atoms with van der Waals surface area (Å²) in [4.78, 5) is 11.2. The molecule has 0 aromatic heterocycles. The lowest BCUT2D eigenvalue weighted by atomic mass is 10.0. The number of alkyl halides is 3. The van der Waals surface area contributed by atoms with Crippen molar-refractivity contribution in [2.45, 2.75) is 11.8 Å². The van der Waals surface area contributed by atoms with Crippen LogP contribution in [0, 0.1) is 0 Å². The standard InChI is InChI=1S/C13H9ClF2O/c14-13(15,16)12(17)8-10-6-3-5-9-4-1-2-7-11(9)10/h1-7H,8H2. The molecule has 0 amide bonds. The molecule has 0 bridgehead atoms. The molecule has 0 saturated carbocycles. The molecular formula is C13H9ClF2O. The zero-order chi connectivity index (χ0) is 12.5. The molecular weight excluding hydrogens is 246 g/mol. The fourth-order valence-electron chi connectivity index (χ4n) is 1.72. The van der Waals surface area contributed by atoms with Crippen molar-refractivity contribution in [3.05, 3.63) is 48.0 Å². The van der Waals surface area contributed by atoms with Crippen LogP contribution in [0.25, 0.3) is 10.8 Å². The number of fused-ring (bicyclic) bond motifs is 1. The Morgan fingerprint density at radius 2 is 1.76 bits per heavy atom. The largest absolute Gasteiger partial charge is 0.380 e. The minimum absolute atomic E-state index is 0.363. The van der Waals surface area contributed by atoms with Gasteiger partial charge in [-0.15, -0.1) is 0 Å². The van der Waals surface area contributed by atoms with Gasteiger partial charge in [0.2, 0.25) is 5.78 Å². The number of rotatable bonds is 3. The first-order valence-corrected chi connectivity index (χ1v) is 5.43. The van der Waals surface area contributed by atoms with Gasteiger partial charge in [0.25, 0.3) is 0 Å². The smallest absolute Gasteiger partial charge is 0.291 e. The molecule has 0 saturated heterocycles. The first kappa shape index (κ1) is 12.0. The van der Waals surface area contributed by atoms with Crippen LogP contribution in [0.15, 0.2) is 42.5 Å². The van der Waals surface area contributed by atoms with Crippen molar-refractivity contribution in [2.24, 2.45) is 0 Å². The molecule has 17 heavy (non-hydrogen) atoms. The van der Waals surface area contributed by atoms with Crippen LogP contribution in [0.3, 0.4) is 0 Å². The van der Waals surface area contributed by atoms with Crippen molar-refractivity contribution in [3.63, 3.8) is 0 Å². The van der Waals surface area contributed by atoms with E-state index in [2.05, 4.69) is 0 Å². The van der Waals surface area contributed by atoms with Gasteiger partial charge in [0.05, 0.1) is 0 Å². The summed E-state index contributed by atoms with van der Waals surface area (Å²) in [6.07, 6.45) is -0.363. The number of halogens is 3. The third-order valence-electron chi connectivity index (χ3n) is 2.55. The molecule has 0 fully saturated rings. The van der Waals surface area contributed by atoms with E-state index in [-0.39, 0.29) is 6.42 Å². The minimum atomic E-state index is -3.79. The number of hydrogen-bond acceptors (Lipinski definition) is 1. The Hall–Kier alpha value is -1.48. The SMILES string of the molecule is O=C(Cc1cccc2ccccc12)C(F)(F)Cl. The van der Waals surface area contributed by atoms with E-state index < -0.39 is 11.2 Å². The first-order valence-electron chi connectivity index (χ1n) is 5.05. The Morgan fingerprint density at radius 3 is 2.47 bits per heavy atom. The van der Waals surface area contributed by atoms with Gasteiger partial charge in [-0.2, -0.15) is 8.78 Å². The Bertz CT molecular complexity index is 555. The molecule has 2 aromatic carbocycles. The molecule has 0 heterocycles. The molecule has 4 heteroatoms. The van der Waals surface area contributed by atoms with Gasteiger partial charge in [0.15, 0.2) is 0 Å². The summed E-state index contributed by atoms with van der Waals surface area (Å²) >= 11 is 4.70. The molecule has 0 N–H and O–H groups in total. The Morgan fingerprint density at radius 1 is 1.12 bits per heavy atom. The predicted molar refractivity (Wildman–Crippen MR) is 63.5 cm³/mol. The first-order chi connectivity index (χ1) is 7.98. The molecule has 0 aliphatic carbocycles. The second-order valence-corrected chi connectivity index (χ2v) is 4.21. The zero-order valence-corrected chi connectivity index (χ0v) is 9.55. The fraction of sp³-hybridized carbons (Fsp3) is 0.154. The van der Waals surface area contributed by atoms with Gasteiger partial charge in [-0.05, 0) is 27.9 Å². The Kier molecular flexibility index (Phi) is 3.11. The molecule has 0 radical (unpaired) electrons. The van der Waals surface area contributed by atoms with Crippen LogP contribution < -0.4 is 0 Å². The van der Waals surface area contributed by atoms with Gasteiger partial charge >= 0.3 is 5.38 Å². The highest BCUT2D eigenvalue weighted by molar-refractivity contribution is 6.32. The number of benzene rings is 2. The average Bonchev–Trinajstić information content (AvgIpc) is 2.28. The number of carbonyl (C=O) groups excluding carboxylic acids is 1. The Balaban J connectivity index is 2.40. The van der Waals surface area contributed by atoms with Gasteiger partial charge in [-0.1, -0.05) is 42.5 Å². The summed E-state index contributed by atoms with van der Waals surface area (Å²) in [7, 11) is 0. The highest BCUT2D eigenvalue weighted by Crippen LogP contribution is 2.25. The van der Waals surface area contributed by atoms with Crippen LogP contribution in [0.1, 0.15) is 5.56 Å². The molecule has 0 atom stereocenters. The van der Waals surface area contributed by atoms with Gasteiger partial charge < -0.3 is 0 Å². The average molecular weight is 255 g/mol. The van der Waals surface area contributed by atoms with E-state index in [4.69, 9.17) is 11.6 Å². The van der Waals surface area contributed by atoms with E-state index >= 15 is 0 Å². The van der Waals surface area contributed by atoms with Crippen LogP contribution >= 0.6 is 11.6 Å². The molecule has 0 aliphatic heterocycles. The van der Waals surface area contributed by atoms with Gasteiger partial charge in [-0.25, -0.2) is 0 Å². The van der Waals surface area contributed by atoms with E-state index in [1.54, 1.807) is 24.3 Å². The van der Waals surface area contributed by atoms with E-state index in [9.17, 15) is 13.6 Å². The quantitative estimate of drug-likeness (QED) is 0.762. The summed E-state index contributed by atoms with van der Waals surface area (Å²) in [6.45, 7) is 0. The number of carbonyl (C=O) groups is 1. The van der Waals surface area contributed by atoms with Gasteiger partial charge in [0, 0.05) is 6.42 Å². The topological polar surface area (TPSA) is 17.1 Å². The summed E-state index contributed by atoms with van der Waals surface area (Å²) in [5.41, 5.74) is 0.563. The highest BCUT2D eigenvalue weighted by atomic mass is 35.5. The van der Waals surface area contributed by atoms with Gasteiger partial charge in [-0.3, -0.25) is 4.79 Å². The van der Waals surface area contributed by atoms with E-state index in [1.165, 1.54) is 0 Å². The molecule has 2 aromatic rings. The van der Waals surface area contributed by atoms with Crippen molar-refractivity contribution in [3.8, 4) is 0 Å². The summed E-state index contributed by atoms with van der Waals surface area (Å²) in [5, 5.41) is -2.09. The second kappa shape index (κ2) is 4.41. The van der Waals surface area contributed by atoms with Crippen LogP contribution in [0.4, 0.5) is 8.78 Å². The van der Waals surface area contributed by atoms with E-state index in [0.717, 1.165) is 10.8 Å². The van der Waals surface area contributed by atoms with E-state index in [0.29, 0.717) is 5.56 Å². The Labute approximate surface area is 102 Å². The van der Waals surface area contributed by atoms with Crippen molar-refractivity contribution >= 4 is 28.2 Å². The third-order valence-corrected chi connectivity index (χ3v) is 2.76. The molecule has 0 unspecified atom stereocenters. The van der Waals surface area contributed by atoms with Crippen LogP contribution in [0.2, 0.25) is 0 Å². The lowest BCUT2D eigenvalue weighted by Crippen LogP contribution is -2.23. The second-order valence-electron chi connectivity index (χ2n) is 3.74. The zero-order valence-electron chi connectivity index (χ0n) is 8.79. The lowest BCUT2D eigenvalue weighted by molar-refractivity contribution is -0.132. The number of ketones is 1. The third kappa shape index (κ3) is 2.61. The highest BCUT2D eigenvalue weighted by Gasteiger charge is 2.35. The maximum absolute atomic E-state index is 12.6. The summed E-state index contributed by atoms with van der Waals surface area (Å²) in [6, 6.07) is 12.6. The fourth-order valence-corrected chi connectivity index (χ4v) is 1.79. The molecule has 2 rings (SSSR count). The van der Waals surface area contributed by atoms with Crippen molar-refractivity contribution in [1.82, 2.24) is 0 Å². The predicted octanol–water partition coefficient (Wildman–Crippen LogP) is 3.78. The molecule has 88 valence electrons. The maximum atomic E-state index is 12.6. The molecule has 0 aliphatic rings. The van der Waals surface area contributed by atoms with Crippen molar-refractivity contribution < 1.29 is 13.6 Å². The maximum Gasteiger partial charge on any atom is 0.380 e. The van der Waals surface area contributed by atoms with Crippen molar-refractivity contribution in [2.75, 3.05) is 0 Å². The van der Waals surface area contributed by atoms with Crippen LogP contribution in [-0.4, -0.2) is 11.2 Å². The van der Waals surface area contributed by atoms with Crippen LogP contribution in [-0.2, 0) is 11.2 Å². The van der Waals surface area contributed by atoms with Gasteiger partial charge in [0.1, 0.15) is 0 Å². The lowest BCUT2D eigenvalue weighted by Gasteiger charge is -2.08.